The van der Waals surface area contributed by atoms with E-state index in [0.29, 0.717) is 5.82 Å². The molecule has 3 aromatic heterocycles. The van der Waals surface area contributed by atoms with Gasteiger partial charge in [0, 0.05) is 0 Å². The summed E-state index contributed by atoms with van der Waals surface area (Å²) in [6.45, 7) is 1.72. The van der Waals surface area contributed by atoms with Gasteiger partial charge in [-0.3, -0.25) is 14.9 Å². The minimum Gasteiger partial charge on any atom is -0.459 e. The van der Waals surface area contributed by atoms with Crippen molar-refractivity contribution in [2.45, 2.75) is 13.5 Å². The number of aryl methyl sites for hydroxylation is 1. The Kier molecular flexibility index (Phi) is 3.87. The summed E-state index contributed by atoms with van der Waals surface area (Å²) in [6.07, 6.45) is 2.48. The van der Waals surface area contributed by atoms with Crippen molar-refractivity contribution in [1.82, 2.24) is 20.4 Å². The Morgan fingerprint density at radius 3 is 2.78 bits per heavy atom. The van der Waals surface area contributed by atoms with Crippen LogP contribution in [0.25, 0.3) is 0 Å². The van der Waals surface area contributed by atoms with Gasteiger partial charge < -0.3 is 18.7 Å². The molecule has 0 saturated heterocycles. The maximum atomic E-state index is 11.9. The highest BCUT2D eigenvalue weighted by atomic mass is 16.5. The Morgan fingerprint density at radius 2 is 2.09 bits per heavy atom. The molecule has 0 unspecified atom stereocenters. The van der Waals surface area contributed by atoms with Crippen LogP contribution in [0.4, 0.5) is 6.01 Å². The molecule has 3 aromatic rings. The molecule has 0 saturated carbocycles. The van der Waals surface area contributed by atoms with E-state index < -0.39 is 11.8 Å². The number of amides is 2. The zero-order valence-corrected chi connectivity index (χ0v) is 11.9. The second-order valence-electron chi connectivity index (χ2n) is 4.39. The summed E-state index contributed by atoms with van der Waals surface area (Å²) in [4.78, 5) is 31.4. The number of aromatic nitrogens is 3. The Bertz CT molecular complexity index is 820. The lowest BCUT2D eigenvalue weighted by atomic mass is 10.4. The van der Waals surface area contributed by atoms with E-state index in [1.807, 2.05) is 0 Å². The summed E-state index contributed by atoms with van der Waals surface area (Å²) in [6, 6.07) is 2.94. The molecule has 0 aliphatic carbocycles. The fourth-order valence-corrected chi connectivity index (χ4v) is 1.66. The van der Waals surface area contributed by atoms with Crippen LogP contribution in [0.15, 0.2) is 38.0 Å². The van der Waals surface area contributed by atoms with Crippen LogP contribution in [-0.4, -0.2) is 26.9 Å². The van der Waals surface area contributed by atoms with Crippen LogP contribution in [-0.2, 0) is 6.54 Å². The maximum Gasteiger partial charge on any atom is 0.302 e. The van der Waals surface area contributed by atoms with Gasteiger partial charge in [-0.05, 0) is 19.1 Å². The van der Waals surface area contributed by atoms with Crippen molar-refractivity contribution in [1.29, 1.82) is 0 Å². The van der Waals surface area contributed by atoms with E-state index in [2.05, 4.69) is 25.8 Å². The number of nitrogens with zero attached hydrogens (tertiary/aromatic N) is 3. The van der Waals surface area contributed by atoms with E-state index in [0.717, 1.165) is 6.26 Å². The smallest absolute Gasteiger partial charge is 0.302 e. The fraction of sp³-hybridized carbons (Fsp3) is 0.154. The molecule has 0 bridgehead atoms. The Labute approximate surface area is 128 Å². The molecule has 0 radical (unpaired) electrons. The molecule has 2 amide bonds. The average molecular weight is 317 g/mol. The molecule has 3 heterocycles. The molecule has 0 aliphatic heterocycles. The second-order valence-corrected chi connectivity index (χ2v) is 4.39. The van der Waals surface area contributed by atoms with Gasteiger partial charge in [0.1, 0.15) is 6.26 Å². The molecule has 10 nitrogen and oxygen atoms in total. The van der Waals surface area contributed by atoms with Crippen molar-refractivity contribution in [3.63, 3.8) is 0 Å². The monoisotopic (exact) mass is 317 g/mol. The molecule has 23 heavy (non-hydrogen) atoms. The van der Waals surface area contributed by atoms with E-state index in [1.54, 1.807) is 13.0 Å². The first-order valence-electron chi connectivity index (χ1n) is 6.49. The van der Waals surface area contributed by atoms with Crippen LogP contribution < -0.4 is 10.6 Å². The van der Waals surface area contributed by atoms with Gasteiger partial charge in [-0.2, -0.15) is 9.97 Å². The zero-order chi connectivity index (χ0) is 16.2. The van der Waals surface area contributed by atoms with Crippen LogP contribution in [0.3, 0.4) is 0 Å². The summed E-state index contributed by atoms with van der Waals surface area (Å²) in [7, 11) is 0. The number of hydrogen-bond acceptors (Lipinski definition) is 8. The molecule has 118 valence electrons. The summed E-state index contributed by atoms with van der Waals surface area (Å²) in [5, 5.41) is 8.50. The molecule has 3 rings (SSSR count). The summed E-state index contributed by atoms with van der Waals surface area (Å²) in [5.74, 6) is -0.210. The van der Waals surface area contributed by atoms with Gasteiger partial charge >= 0.3 is 6.01 Å². The van der Waals surface area contributed by atoms with Crippen molar-refractivity contribution >= 4 is 17.8 Å². The van der Waals surface area contributed by atoms with E-state index in [4.69, 9.17) is 13.4 Å². The molecule has 0 spiro atoms. The van der Waals surface area contributed by atoms with Gasteiger partial charge in [0.05, 0.1) is 12.8 Å². The first-order chi connectivity index (χ1) is 11.1. The Hall–Kier alpha value is -3.43. The number of hydrogen-bond donors (Lipinski definition) is 2. The largest absolute Gasteiger partial charge is 0.459 e. The highest BCUT2D eigenvalue weighted by molar-refractivity contribution is 6.01. The first-order valence-corrected chi connectivity index (χ1v) is 6.49. The van der Waals surface area contributed by atoms with Crippen molar-refractivity contribution in [2.75, 3.05) is 5.32 Å². The van der Waals surface area contributed by atoms with E-state index >= 15 is 0 Å². The number of carbonyl (C=O) groups excluding carboxylic acids is 2. The van der Waals surface area contributed by atoms with Crippen molar-refractivity contribution in [3.05, 3.63) is 47.8 Å². The third-order valence-corrected chi connectivity index (χ3v) is 2.67. The Balaban J connectivity index is 1.57. The molecule has 0 fully saturated rings. The standard InChI is InChI=1S/C13H11N5O5/c1-7-15-10(23-18-7)5-14-11(19)8-6-22-13(16-8)17-12(20)9-3-2-4-21-9/h2-4,6H,5H2,1H3,(H,14,19)(H,16,17,20). The molecular weight excluding hydrogens is 306 g/mol. The van der Waals surface area contributed by atoms with Crippen molar-refractivity contribution < 1.29 is 22.9 Å². The number of oxazole rings is 1. The predicted molar refractivity (Wildman–Crippen MR) is 73.4 cm³/mol. The molecular formula is C13H11N5O5. The molecule has 0 aromatic carbocycles. The van der Waals surface area contributed by atoms with Crippen LogP contribution in [0.1, 0.15) is 32.8 Å². The van der Waals surface area contributed by atoms with Gasteiger partial charge in [0.25, 0.3) is 11.8 Å². The number of rotatable bonds is 5. The normalized spacial score (nSPS) is 10.5. The summed E-state index contributed by atoms with van der Waals surface area (Å²) in [5.41, 5.74) is -0.00372. The zero-order valence-electron chi connectivity index (χ0n) is 11.9. The van der Waals surface area contributed by atoms with Crippen LogP contribution in [0, 0.1) is 6.92 Å². The number of furan rings is 1. The third-order valence-electron chi connectivity index (χ3n) is 2.67. The third kappa shape index (κ3) is 3.43. The minimum absolute atomic E-state index is 0.00372. The molecule has 0 atom stereocenters. The number of nitrogens with one attached hydrogen (secondary N) is 2. The topological polar surface area (TPSA) is 136 Å². The van der Waals surface area contributed by atoms with Gasteiger partial charge in [-0.1, -0.05) is 5.16 Å². The van der Waals surface area contributed by atoms with E-state index in [9.17, 15) is 9.59 Å². The van der Waals surface area contributed by atoms with Gasteiger partial charge in [0.2, 0.25) is 5.89 Å². The van der Waals surface area contributed by atoms with Gasteiger partial charge in [-0.25, -0.2) is 0 Å². The highest BCUT2D eigenvalue weighted by Gasteiger charge is 2.16. The van der Waals surface area contributed by atoms with Crippen molar-refractivity contribution in [2.24, 2.45) is 0 Å². The predicted octanol–water partition coefficient (Wildman–Crippen LogP) is 1.14. The number of carbonyl (C=O) groups is 2. The lowest BCUT2D eigenvalue weighted by Crippen LogP contribution is -2.23. The maximum absolute atomic E-state index is 11.9. The summed E-state index contributed by atoms with van der Waals surface area (Å²) >= 11 is 0. The SMILES string of the molecule is Cc1noc(CNC(=O)c2coc(NC(=O)c3ccco3)n2)n1. The van der Waals surface area contributed by atoms with Crippen LogP contribution in [0.5, 0.6) is 0 Å². The summed E-state index contributed by atoms with van der Waals surface area (Å²) < 4.78 is 14.8. The lowest BCUT2D eigenvalue weighted by Gasteiger charge is -1.98. The van der Waals surface area contributed by atoms with Gasteiger partial charge in [-0.15, -0.1) is 0 Å². The average Bonchev–Trinajstić information content (AvgIpc) is 3.26. The minimum atomic E-state index is -0.537. The fourth-order valence-electron chi connectivity index (χ4n) is 1.66. The van der Waals surface area contributed by atoms with Gasteiger partial charge in [0.15, 0.2) is 17.3 Å². The molecule has 10 heteroatoms. The second kappa shape index (κ2) is 6.13. The molecule has 2 N–H and O–H groups in total. The van der Waals surface area contributed by atoms with Crippen LogP contribution >= 0.6 is 0 Å². The highest BCUT2D eigenvalue weighted by Crippen LogP contribution is 2.10. The van der Waals surface area contributed by atoms with Crippen LogP contribution in [0.2, 0.25) is 0 Å². The quantitative estimate of drug-likeness (QED) is 0.714. The van der Waals surface area contributed by atoms with Crippen molar-refractivity contribution in [3.8, 4) is 0 Å². The first kappa shape index (κ1) is 14.5. The Morgan fingerprint density at radius 1 is 1.22 bits per heavy atom. The lowest BCUT2D eigenvalue weighted by molar-refractivity contribution is 0.0939. The number of anilines is 1. The molecule has 0 aliphatic rings. The van der Waals surface area contributed by atoms with E-state index in [-0.39, 0.29) is 29.9 Å². The van der Waals surface area contributed by atoms with E-state index in [1.165, 1.54) is 12.3 Å².